The number of hydrogen-bond acceptors (Lipinski definition) is 9. The first-order valence-corrected chi connectivity index (χ1v) is 15.0. The minimum Gasteiger partial charge on any atom is -0.354 e. The summed E-state index contributed by atoms with van der Waals surface area (Å²) in [6.45, 7) is 6.70. The van der Waals surface area contributed by atoms with Gasteiger partial charge in [-0.3, -0.25) is 9.69 Å². The minimum absolute atomic E-state index is 0.148. The van der Waals surface area contributed by atoms with E-state index < -0.39 is 15.8 Å². The van der Waals surface area contributed by atoms with Gasteiger partial charge in [0.1, 0.15) is 11.6 Å². The predicted molar refractivity (Wildman–Crippen MR) is 154 cm³/mol. The number of aromatic nitrogens is 3. The summed E-state index contributed by atoms with van der Waals surface area (Å²) in [5, 5.41) is 14.7. The van der Waals surface area contributed by atoms with E-state index in [1.165, 1.54) is 18.2 Å². The number of amides is 1. The number of aryl methyl sites for hydroxylation is 1. The molecule has 3 aromatic rings. The molecule has 1 saturated heterocycles. The Morgan fingerprint density at radius 2 is 1.77 bits per heavy atom. The molecule has 0 atom stereocenters. The van der Waals surface area contributed by atoms with E-state index >= 15 is 0 Å². The lowest BCUT2D eigenvalue weighted by atomic mass is 10.1. The van der Waals surface area contributed by atoms with Gasteiger partial charge in [0.2, 0.25) is 15.9 Å². The van der Waals surface area contributed by atoms with Crippen LogP contribution in [-0.2, 0) is 14.8 Å². The molecule has 1 amide bonds. The zero-order valence-corrected chi connectivity index (χ0v) is 23.9. The van der Waals surface area contributed by atoms with Crippen molar-refractivity contribution in [3.8, 4) is 11.3 Å². The van der Waals surface area contributed by atoms with Crippen molar-refractivity contribution in [1.29, 1.82) is 0 Å². The van der Waals surface area contributed by atoms with Gasteiger partial charge in [0.05, 0.1) is 23.3 Å². The molecule has 1 aliphatic heterocycles. The first kappa shape index (κ1) is 29.7. The first-order chi connectivity index (χ1) is 19.1. The summed E-state index contributed by atoms with van der Waals surface area (Å²) >= 11 is 6.03. The van der Waals surface area contributed by atoms with E-state index in [0.717, 1.165) is 32.4 Å². The predicted octanol–water partition coefficient (Wildman–Crippen LogP) is 2.88. The molecule has 40 heavy (non-hydrogen) atoms. The molecular weight excluding hydrogens is 559 g/mol. The molecule has 2 aromatic heterocycles. The fourth-order valence-electron chi connectivity index (χ4n) is 4.23. The van der Waals surface area contributed by atoms with Gasteiger partial charge in [0.15, 0.2) is 0 Å². The third-order valence-electron chi connectivity index (χ3n) is 6.40. The molecule has 14 heteroatoms. The topological polar surface area (TPSA) is 132 Å². The van der Waals surface area contributed by atoms with Crippen LogP contribution in [0.3, 0.4) is 0 Å². The molecule has 0 saturated carbocycles. The SMILES string of the molecule is Cc1nnc(-c2cc(Cl)ccc2F)cc1Nc1ccnc(NC(=O)CCN2CCN(CCNS(C)(=O)=O)CC2)c1. The van der Waals surface area contributed by atoms with Gasteiger partial charge in [0.25, 0.3) is 0 Å². The molecule has 11 nitrogen and oxygen atoms in total. The third kappa shape index (κ3) is 8.89. The average molecular weight is 591 g/mol. The second kappa shape index (κ2) is 13.4. The molecule has 0 aliphatic carbocycles. The van der Waals surface area contributed by atoms with Crippen molar-refractivity contribution < 1.29 is 17.6 Å². The quantitative estimate of drug-likeness (QED) is 0.308. The monoisotopic (exact) mass is 590 g/mol. The lowest BCUT2D eigenvalue weighted by Crippen LogP contribution is -2.48. The maximum Gasteiger partial charge on any atom is 0.226 e. The molecule has 0 radical (unpaired) electrons. The number of sulfonamides is 1. The van der Waals surface area contributed by atoms with Crippen LogP contribution in [0.15, 0.2) is 42.6 Å². The van der Waals surface area contributed by atoms with Crippen LogP contribution >= 0.6 is 11.6 Å². The summed E-state index contributed by atoms with van der Waals surface area (Å²) in [6.07, 6.45) is 3.05. The molecule has 0 unspecified atom stereocenters. The van der Waals surface area contributed by atoms with E-state index in [2.05, 4.69) is 40.3 Å². The Labute approximate surface area is 238 Å². The summed E-state index contributed by atoms with van der Waals surface area (Å²) in [6, 6.07) is 9.41. The van der Waals surface area contributed by atoms with Gasteiger partial charge in [-0.2, -0.15) is 10.2 Å². The number of nitrogens with one attached hydrogen (secondary N) is 3. The highest BCUT2D eigenvalue weighted by atomic mass is 35.5. The van der Waals surface area contributed by atoms with Crippen LogP contribution in [-0.4, -0.2) is 91.4 Å². The summed E-state index contributed by atoms with van der Waals surface area (Å²) in [7, 11) is -3.18. The molecule has 0 bridgehead atoms. The maximum absolute atomic E-state index is 14.3. The number of anilines is 3. The lowest BCUT2D eigenvalue weighted by Gasteiger charge is -2.34. The van der Waals surface area contributed by atoms with Crippen LogP contribution in [0.25, 0.3) is 11.3 Å². The smallest absolute Gasteiger partial charge is 0.226 e. The van der Waals surface area contributed by atoms with Gasteiger partial charge in [-0.25, -0.2) is 22.5 Å². The highest BCUT2D eigenvalue weighted by molar-refractivity contribution is 7.88. The van der Waals surface area contributed by atoms with Gasteiger partial charge >= 0.3 is 0 Å². The summed E-state index contributed by atoms with van der Waals surface area (Å²) < 4.78 is 39.2. The number of nitrogens with zero attached hydrogens (tertiary/aromatic N) is 5. The molecule has 3 N–H and O–H groups in total. The number of piperazine rings is 1. The number of carbonyl (C=O) groups excluding carboxylic acids is 1. The molecule has 1 fully saturated rings. The normalized spacial score (nSPS) is 14.7. The van der Waals surface area contributed by atoms with Crippen molar-refractivity contribution in [2.45, 2.75) is 13.3 Å². The Morgan fingerprint density at radius 3 is 2.50 bits per heavy atom. The van der Waals surface area contributed by atoms with E-state index in [1.807, 2.05) is 0 Å². The van der Waals surface area contributed by atoms with Crippen molar-refractivity contribution in [1.82, 2.24) is 29.7 Å². The maximum atomic E-state index is 14.3. The number of carbonyl (C=O) groups is 1. The Hall–Kier alpha value is -3.23. The number of benzene rings is 1. The summed E-state index contributed by atoms with van der Waals surface area (Å²) in [5.74, 6) is -0.199. The molecule has 3 heterocycles. The molecule has 1 aliphatic rings. The van der Waals surface area contributed by atoms with Gasteiger partial charge in [-0.1, -0.05) is 11.6 Å². The van der Waals surface area contributed by atoms with Crippen LogP contribution in [0, 0.1) is 12.7 Å². The van der Waals surface area contributed by atoms with Crippen LogP contribution in [0.5, 0.6) is 0 Å². The zero-order chi connectivity index (χ0) is 28.7. The van der Waals surface area contributed by atoms with E-state index in [1.54, 1.807) is 31.3 Å². The highest BCUT2D eigenvalue weighted by Gasteiger charge is 2.18. The summed E-state index contributed by atoms with van der Waals surface area (Å²) in [4.78, 5) is 21.3. The van der Waals surface area contributed by atoms with Crippen LogP contribution in [0.2, 0.25) is 5.02 Å². The van der Waals surface area contributed by atoms with Crippen molar-refractivity contribution in [3.05, 3.63) is 59.1 Å². The molecule has 1 aromatic carbocycles. The number of hydrogen-bond donors (Lipinski definition) is 3. The fraction of sp³-hybridized carbons (Fsp3) is 0.385. The minimum atomic E-state index is -3.18. The van der Waals surface area contributed by atoms with Gasteiger partial charge in [0, 0.05) is 80.8 Å². The zero-order valence-electron chi connectivity index (χ0n) is 22.3. The van der Waals surface area contributed by atoms with Crippen molar-refractivity contribution >= 4 is 44.7 Å². The van der Waals surface area contributed by atoms with E-state index in [4.69, 9.17) is 11.6 Å². The standard InChI is InChI=1S/C26H32ClFN8O3S/c1-18-23(17-24(34-33-18)21-15-19(27)3-4-22(21)28)31-20-5-7-29-25(16-20)32-26(37)6-9-35-11-13-36(14-12-35)10-8-30-40(2,38)39/h3-5,7,15-17,30H,6,8-14H2,1-2H3,(H2,29,31,32,34,37). The Bertz CT molecular complexity index is 1450. The third-order valence-corrected chi connectivity index (χ3v) is 7.37. The first-order valence-electron chi connectivity index (χ1n) is 12.8. The Morgan fingerprint density at radius 1 is 1.05 bits per heavy atom. The van der Waals surface area contributed by atoms with Crippen LogP contribution in [0.4, 0.5) is 21.6 Å². The van der Waals surface area contributed by atoms with Crippen molar-refractivity contribution in [3.63, 3.8) is 0 Å². The average Bonchev–Trinajstić information content (AvgIpc) is 2.90. The second-order valence-corrected chi connectivity index (χ2v) is 11.8. The fourth-order valence-corrected chi connectivity index (χ4v) is 4.86. The van der Waals surface area contributed by atoms with Crippen LogP contribution in [0.1, 0.15) is 12.1 Å². The molecule has 0 spiro atoms. The number of halogens is 2. The lowest BCUT2D eigenvalue weighted by molar-refractivity contribution is -0.116. The Balaban J connectivity index is 1.28. The van der Waals surface area contributed by atoms with E-state index in [-0.39, 0.29) is 11.5 Å². The highest BCUT2D eigenvalue weighted by Crippen LogP contribution is 2.28. The van der Waals surface area contributed by atoms with E-state index in [9.17, 15) is 17.6 Å². The Kier molecular flexibility index (Phi) is 9.98. The second-order valence-electron chi connectivity index (χ2n) is 9.56. The van der Waals surface area contributed by atoms with Crippen molar-refractivity contribution in [2.75, 3.05) is 62.7 Å². The van der Waals surface area contributed by atoms with Gasteiger partial charge in [-0.15, -0.1) is 0 Å². The number of rotatable bonds is 11. The van der Waals surface area contributed by atoms with Crippen LogP contribution < -0.4 is 15.4 Å². The van der Waals surface area contributed by atoms with Gasteiger partial charge < -0.3 is 15.5 Å². The van der Waals surface area contributed by atoms with Gasteiger partial charge in [-0.05, 0) is 37.3 Å². The molecule has 214 valence electrons. The summed E-state index contributed by atoms with van der Waals surface area (Å²) in [5.41, 5.74) is 2.48. The molecule has 4 rings (SSSR count). The number of pyridine rings is 1. The van der Waals surface area contributed by atoms with E-state index in [0.29, 0.717) is 59.7 Å². The largest absolute Gasteiger partial charge is 0.354 e. The molecular formula is C26H32ClFN8O3S. The van der Waals surface area contributed by atoms with Crippen molar-refractivity contribution in [2.24, 2.45) is 0 Å².